The highest BCUT2D eigenvalue weighted by molar-refractivity contribution is 7.52. The number of hydrogen-bond donors (Lipinski definition) is 1. The van der Waals surface area contributed by atoms with Gasteiger partial charge < -0.3 is 9.42 Å². The lowest BCUT2D eigenvalue weighted by atomic mass is 10.4. The predicted octanol–water partition coefficient (Wildman–Crippen LogP) is 2.18. The molecule has 0 radical (unpaired) electrons. The maximum Gasteiger partial charge on any atom is 0.328 e. The van der Waals surface area contributed by atoms with Crippen LogP contribution in [0, 0.1) is 12.3 Å². The van der Waals surface area contributed by atoms with Crippen molar-refractivity contribution in [2.24, 2.45) is 0 Å². The molecule has 1 N–H and O–H groups in total. The molecule has 0 saturated heterocycles. The minimum Gasteiger partial charge on any atom is -0.324 e. The molecule has 0 amide bonds. The van der Waals surface area contributed by atoms with Crippen LogP contribution in [0.4, 0.5) is 0 Å². The quantitative estimate of drug-likeness (QED) is 0.298. The number of terminal acetylenes is 1. The first-order valence-electron chi connectivity index (χ1n) is 4.13. The van der Waals surface area contributed by atoms with Crippen LogP contribution in [0.25, 0.3) is 0 Å². The smallest absolute Gasteiger partial charge is 0.324 e. The molecular formula is C9H15O3P. The first-order chi connectivity index (χ1) is 6.12. The van der Waals surface area contributed by atoms with E-state index in [-0.39, 0.29) is 12.8 Å². The fraction of sp³-hybridized carbons (Fsp3) is 0.556. The fourth-order valence-corrected chi connectivity index (χ4v) is 1.80. The van der Waals surface area contributed by atoms with Gasteiger partial charge >= 0.3 is 7.60 Å². The van der Waals surface area contributed by atoms with Gasteiger partial charge in [-0.05, 0) is 12.8 Å². The van der Waals surface area contributed by atoms with Gasteiger partial charge in [0, 0.05) is 6.42 Å². The first-order valence-corrected chi connectivity index (χ1v) is 5.89. The summed E-state index contributed by atoms with van der Waals surface area (Å²) < 4.78 is 16.0. The van der Waals surface area contributed by atoms with Gasteiger partial charge in [-0.3, -0.25) is 4.57 Å². The molecular weight excluding hydrogens is 187 g/mol. The maximum absolute atomic E-state index is 11.2. The summed E-state index contributed by atoms with van der Waals surface area (Å²) in [4.78, 5) is 9.20. The van der Waals surface area contributed by atoms with Crippen molar-refractivity contribution in [2.45, 2.75) is 19.3 Å². The largest absolute Gasteiger partial charge is 0.328 e. The zero-order chi connectivity index (χ0) is 10.2. The van der Waals surface area contributed by atoms with E-state index >= 15 is 0 Å². The zero-order valence-corrected chi connectivity index (χ0v) is 8.50. The molecule has 0 spiro atoms. The van der Waals surface area contributed by atoms with E-state index in [0.717, 1.165) is 0 Å². The molecule has 0 rings (SSSR count). The van der Waals surface area contributed by atoms with Crippen LogP contribution in [0.2, 0.25) is 0 Å². The molecule has 74 valence electrons. The Kier molecular flexibility index (Phi) is 6.62. The molecule has 0 aromatic rings. The lowest BCUT2D eigenvalue weighted by Gasteiger charge is -2.09. The van der Waals surface area contributed by atoms with Crippen molar-refractivity contribution in [1.82, 2.24) is 0 Å². The Bertz CT molecular complexity index is 230. The summed E-state index contributed by atoms with van der Waals surface area (Å²) in [6.07, 6.45) is 8.40. The maximum atomic E-state index is 11.2. The summed E-state index contributed by atoms with van der Waals surface area (Å²) in [5, 5.41) is 0. The Morgan fingerprint density at radius 3 is 2.92 bits per heavy atom. The molecule has 0 aromatic carbocycles. The molecule has 4 heteroatoms. The van der Waals surface area contributed by atoms with Crippen molar-refractivity contribution in [3.05, 3.63) is 12.7 Å². The van der Waals surface area contributed by atoms with Crippen molar-refractivity contribution in [3.8, 4) is 12.3 Å². The van der Waals surface area contributed by atoms with Crippen LogP contribution in [0.5, 0.6) is 0 Å². The van der Waals surface area contributed by atoms with Gasteiger partial charge in [0.05, 0.1) is 12.8 Å². The van der Waals surface area contributed by atoms with Crippen LogP contribution in [0.3, 0.4) is 0 Å². The van der Waals surface area contributed by atoms with E-state index < -0.39 is 7.60 Å². The molecule has 0 aliphatic carbocycles. The molecule has 3 nitrogen and oxygen atoms in total. The summed E-state index contributed by atoms with van der Waals surface area (Å²) in [7, 11) is -3.40. The number of rotatable bonds is 7. The summed E-state index contributed by atoms with van der Waals surface area (Å²) >= 11 is 0. The van der Waals surface area contributed by atoms with Crippen molar-refractivity contribution in [3.63, 3.8) is 0 Å². The number of unbranched alkanes of at least 4 members (excludes halogenated alkanes) is 1. The van der Waals surface area contributed by atoms with Crippen molar-refractivity contribution in [2.75, 3.05) is 12.8 Å². The van der Waals surface area contributed by atoms with E-state index in [1.807, 2.05) is 0 Å². The van der Waals surface area contributed by atoms with Crippen LogP contribution < -0.4 is 0 Å². The molecule has 1 unspecified atom stereocenters. The summed E-state index contributed by atoms with van der Waals surface area (Å²) in [5.41, 5.74) is 0. The molecule has 0 bridgehead atoms. The van der Waals surface area contributed by atoms with Gasteiger partial charge in [0.1, 0.15) is 0 Å². The van der Waals surface area contributed by atoms with Crippen LogP contribution in [0.1, 0.15) is 19.3 Å². The molecule has 0 aromatic heterocycles. The lowest BCUT2D eigenvalue weighted by molar-refractivity contribution is 0.264. The SMILES string of the molecule is C#CCCCP(=O)(O)OCCC=C. The molecule has 0 fully saturated rings. The number of hydrogen-bond acceptors (Lipinski definition) is 2. The Morgan fingerprint density at radius 2 is 2.38 bits per heavy atom. The topological polar surface area (TPSA) is 46.5 Å². The average Bonchev–Trinajstić information content (AvgIpc) is 2.05. The molecule has 0 saturated carbocycles. The highest BCUT2D eigenvalue weighted by Gasteiger charge is 2.17. The van der Waals surface area contributed by atoms with Crippen LogP contribution in [-0.4, -0.2) is 17.7 Å². The highest BCUT2D eigenvalue weighted by atomic mass is 31.2. The minimum atomic E-state index is -3.40. The third-order valence-corrected chi connectivity index (χ3v) is 2.84. The van der Waals surface area contributed by atoms with E-state index in [1.165, 1.54) is 0 Å². The van der Waals surface area contributed by atoms with E-state index in [1.54, 1.807) is 6.08 Å². The van der Waals surface area contributed by atoms with Crippen molar-refractivity contribution < 1.29 is 14.0 Å². The predicted molar refractivity (Wildman–Crippen MR) is 53.5 cm³/mol. The summed E-state index contributed by atoms with van der Waals surface area (Å²) in [5.74, 6) is 2.40. The van der Waals surface area contributed by atoms with Crippen LogP contribution >= 0.6 is 7.60 Å². The summed E-state index contributed by atoms with van der Waals surface area (Å²) in [6.45, 7) is 3.72. The van der Waals surface area contributed by atoms with Gasteiger partial charge in [-0.2, -0.15) is 0 Å². The molecule has 0 aliphatic rings. The zero-order valence-electron chi connectivity index (χ0n) is 7.61. The average molecular weight is 202 g/mol. The van der Waals surface area contributed by atoms with Gasteiger partial charge in [0.2, 0.25) is 0 Å². The Hall–Kier alpha value is -0.550. The van der Waals surface area contributed by atoms with Gasteiger partial charge in [0.15, 0.2) is 0 Å². The minimum absolute atomic E-state index is 0.133. The van der Waals surface area contributed by atoms with Crippen LogP contribution in [-0.2, 0) is 9.09 Å². The van der Waals surface area contributed by atoms with Crippen LogP contribution in [0.15, 0.2) is 12.7 Å². The van der Waals surface area contributed by atoms with Crippen molar-refractivity contribution in [1.29, 1.82) is 0 Å². The van der Waals surface area contributed by atoms with E-state index in [9.17, 15) is 9.46 Å². The van der Waals surface area contributed by atoms with Gasteiger partial charge in [0.25, 0.3) is 0 Å². The monoisotopic (exact) mass is 202 g/mol. The highest BCUT2D eigenvalue weighted by Crippen LogP contribution is 2.42. The third-order valence-electron chi connectivity index (χ3n) is 1.38. The molecule has 1 atom stereocenters. The van der Waals surface area contributed by atoms with E-state index in [2.05, 4.69) is 12.5 Å². The lowest BCUT2D eigenvalue weighted by Crippen LogP contribution is -1.96. The second-order valence-electron chi connectivity index (χ2n) is 2.58. The van der Waals surface area contributed by atoms with Crippen molar-refractivity contribution >= 4 is 7.60 Å². The fourth-order valence-electron chi connectivity index (χ4n) is 0.724. The first kappa shape index (κ1) is 12.4. The van der Waals surface area contributed by atoms with E-state index in [4.69, 9.17) is 10.9 Å². The van der Waals surface area contributed by atoms with Gasteiger partial charge in [-0.1, -0.05) is 6.08 Å². The standard InChI is InChI=1S/C9H15O3P/c1-3-5-7-9-13(10,11)12-8-6-4-2/h1,4H,2,5-9H2,(H,10,11). The normalized spacial score (nSPS) is 14.5. The van der Waals surface area contributed by atoms with E-state index in [0.29, 0.717) is 19.3 Å². The molecule has 0 aliphatic heterocycles. The third kappa shape index (κ3) is 7.80. The Balaban J connectivity index is 3.61. The Morgan fingerprint density at radius 1 is 1.69 bits per heavy atom. The van der Waals surface area contributed by atoms with Gasteiger partial charge in [-0.25, -0.2) is 0 Å². The van der Waals surface area contributed by atoms with Gasteiger partial charge in [-0.15, -0.1) is 18.9 Å². The Labute approximate surface area is 79.3 Å². The molecule has 0 heterocycles. The molecule has 13 heavy (non-hydrogen) atoms. The summed E-state index contributed by atoms with van der Waals surface area (Å²) in [6, 6.07) is 0. The second-order valence-corrected chi connectivity index (χ2v) is 4.56. The second kappa shape index (κ2) is 6.91.